The summed E-state index contributed by atoms with van der Waals surface area (Å²) < 4.78 is 0. The maximum absolute atomic E-state index is 12.5. The van der Waals surface area contributed by atoms with Crippen molar-refractivity contribution in [2.24, 2.45) is 16.9 Å². The summed E-state index contributed by atoms with van der Waals surface area (Å²) in [5.41, 5.74) is 11.6. The smallest absolute Gasteiger partial charge is 0.253 e. The summed E-state index contributed by atoms with van der Waals surface area (Å²) in [4.78, 5) is 25.4. The zero-order valence-electron chi connectivity index (χ0n) is 12.3. The van der Waals surface area contributed by atoms with E-state index < -0.39 is 5.91 Å². The van der Waals surface area contributed by atoms with E-state index in [-0.39, 0.29) is 11.3 Å². The van der Waals surface area contributed by atoms with Gasteiger partial charge in [0.15, 0.2) is 0 Å². The highest BCUT2D eigenvalue weighted by Crippen LogP contribution is 2.17. The van der Waals surface area contributed by atoms with Gasteiger partial charge in [0.1, 0.15) is 0 Å². The van der Waals surface area contributed by atoms with Crippen LogP contribution >= 0.6 is 0 Å². The van der Waals surface area contributed by atoms with Gasteiger partial charge in [-0.3, -0.25) is 9.59 Å². The molecule has 5 nitrogen and oxygen atoms in total. The van der Waals surface area contributed by atoms with E-state index in [9.17, 15) is 9.59 Å². The third-order valence-electron chi connectivity index (χ3n) is 3.23. The van der Waals surface area contributed by atoms with Crippen LogP contribution in [0.15, 0.2) is 24.3 Å². The first kappa shape index (κ1) is 16.2. The summed E-state index contributed by atoms with van der Waals surface area (Å²) >= 11 is 0. The van der Waals surface area contributed by atoms with E-state index in [4.69, 9.17) is 11.5 Å². The molecule has 110 valence electrons. The van der Waals surface area contributed by atoms with Gasteiger partial charge in [0.2, 0.25) is 5.91 Å². The van der Waals surface area contributed by atoms with Crippen molar-refractivity contribution in [1.82, 2.24) is 4.90 Å². The molecule has 0 aliphatic heterocycles. The number of nitrogens with zero attached hydrogens (tertiary/aromatic N) is 1. The minimum atomic E-state index is -0.537. The zero-order chi connectivity index (χ0) is 15.3. The molecule has 1 rings (SSSR count). The predicted molar refractivity (Wildman–Crippen MR) is 79.4 cm³/mol. The molecule has 0 aliphatic carbocycles. The summed E-state index contributed by atoms with van der Waals surface area (Å²) in [6.07, 6.45) is 0. The summed E-state index contributed by atoms with van der Waals surface area (Å²) in [6.45, 7) is 7.61. The number of carbonyl (C=O) groups is 2. The summed E-state index contributed by atoms with van der Waals surface area (Å²) in [5.74, 6) is -0.651. The number of rotatable bonds is 6. The Balaban J connectivity index is 2.97. The molecular formula is C15H23N3O2. The fourth-order valence-electron chi connectivity index (χ4n) is 1.90. The third kappa shape index (κ3) is 4.06. The van der Waals surface area contributed by atoms with E-state index in [0.717, 1.165) is 0 Å². The van der Waals surface area contributed by atoms with Gasteiger partial charge >= 0.3 is 0 Å². The predicted octanol–water partition coefficient (Wildman–Crippen LogP) is 1.23. The molecule has 0 heterocycles. The van der Waals surface area contributed by atoms with E-state index in [2.05, 4.69) is 0 Å². The largest absolute Gasteiger partial charge is 0.366 e. The molecule has 0 fully saturated rings. The van der Waals surface area contributed by atoms with E-state index in [1.807, 2.05) is 20.8 Å². The molecule has 0 bridgehead atoms. The summed E-state index contributed by atoms with van der Waals surface area (Å²) in [5, 5.41) is 0. The number of hydrogen-bond acceptors (Lipinski definition) is 3. The lowest BCUT2D eigenvalue weighted by Crippen LogP contribution is -2.42. The van der Waals surface area contributed by atoms with Crippen molar-refractivity contribution >= 4 is 11.8 Å². The maximum Gasteiger partial charge on any atom is 0.253 e. The number of primary amides is 1. The van der Waals surface area contributed by atoms with Crippen LogP contribution in [0.5, 0.6) is 0 Å². The van der Waals surface area contributed by atoms with Crippen LogP contribution in [0, 0.1) is 5.41 Å². The minimum absolute atomic E-state index is 0.114. The number of benzene rings is 1. The van der Waals surface area contributed by atoms with Crippen molar-refractivity contribution in [2.75, 3.05) is 19.6 Å². The topological polar surface area (TPSA) is 89.4 Å². The quantitative estimate of drug-likeness (QED) is 0.819. The van der Waals surface area contributed by atoms with Crippen molar-refractivity contribution < 1.29 is 9.59 Å². The summed E-state index contributed by atoms with van der Waals surface area (Å²) in [6, 6.07) is 6.48. The molecule has 20 heavy (non-hydrogen) atoms. The number of nitrogens with two attached hydrogens (primary N) is 2. The van der Waals surface area contributed by atoms with Crippen LogP contribution in [0.4, 0.5) is 0 Å². The second-order valence-electron chi connectivity index (χ2n) is 5.63. The SMILES string of the molecule is CCN(CC(C)(C)CN)C(=O)c1cccc(C(N)=O)c1. The maximum atomic E-state index is 12.5. The Labute approximate surface area is 119 Å². The van der Waals surface area contributed by atoms with Gasteiger partial charge in [-0.1, -0.05) is 19.9 Å². The Hall–Kier alpha value is -1.88. The Bertz CT molecular complexity index is 498. The Morgan fingerprint density at radius 1 is 1.25 bits per heavy atom. The van der Waals surface area contributed by atoms with Gasteiger partial charge in [-0.15, -0.1) is 0 Å². The molecule has 5 heteroatoms. The van der Waals surface area contributed by atoms with Crippen molar-refractivity contribution in [3.05, 3.63) is 35.4 Å². The van der Waals surface area contributed by atoms with Gasteiger partial charge in [-0.2, -0.15) is 0 Å². The normalized spacial score (nSPS) is 11.2. The molecule has 0 unspecified atom stereocenters. The lowest BCUT2D eigenvalue weighted by molar-refractivity contribution is 0.0701. The van der Waals surface area contributed by atoms with E-state index in [1.54, 1.807) is 23.1 Å². The number of carbonyl (C=O) groups excluding carboxylic acids is 2. The fourth-order valence-corrected chi connectivity index (χ4v) is 1.90. The van der Waals surface area contributed by atoms with Crippen LogP contribution in [0.2, 0.25) is 0 Å². The van der Waals surface area contributed by atoms with E-state index >= 15 is 0 Å². The second-order valence-corrected chi connectivity index (χ2v) is 5.63. The van der Waals surface area contributed by atoms with Crippen molar-refractivity contribution in [3.8, 4) is 0 Å². The van der Waals surface area contributed by atoms with Crippen LogP contribution in [-0.2, 0) is 0 Å². The summed E-state index contributed by atoms with van der Waals surface area (Å²) in [7, 11) is 0. The van der Waals surface area contributed by atoms with E-state index in [1.165, 1.54) is 6.07 Å². The first-order valence-electron chi connectivity index (χ1n) is 6.70. The molecule has 4 N–H and O–H groups in total. The molecule has 0 aromatic heterocycles. The average molecular weight is 277 g/mol. The Kier molecular flexibility index (Phi) is 5.27. The first-order chi connectivity index (χ1) is 9.30. The molecule has 0 radical (unpaired) electrons. The highest BCUT2D eigenvalue weighted by molar-refractivity contribution is 5.99. The number of amides is 2. The molecule has 1 aromatic carbocycles. The number of hydrogen-bond donors (Lipinski definition) is 2. The van der Waals surface area contributed by atoms with Crippen molar-refractivity contribution in [3.63, 3.8) is 0 Å². The molecule has 0 saturated carbocycles. The lowest BCUT2D eigenvalue weighted by atomic mass is 9.92. The highest BCUT2D eigenvalue weighted by Gasteiger charge is 2.23. The molecule has 0 aliphatic rings. The molecule has 1 aromatic rings. The average Bonchev–Trinajstić information content (AvgIpc) is 2.44. The van der Waals surface area contributed by atoms with Gasteiger partial charge in [0, 0.05) is 24.2 Å². The van der Waals surface area contributed by atoms with Gasteiger partial charge < -0.3 is 16.4 Å². The molecule has 0 spiro atoms. The first-order valence-corrected chi connectivity index (χ1v) is 6.70. The lowest BCUT2D eigenvalue weighted by Gasteiger charge is -2.31. The van der Waals surface area contributed by atoms with E-state index in [0.29, 0.717) is 30.8 Å². The van der Waals surface area contributed by atoms with Gasteiger partial charge in [-0.05, 0) is 37.1 Å². The standard InChI is InChI=1S/C15H23N3O2/c1-4-18(10-15(2,3)9-16)14(20)12-7-5-6-11(8-12)13(17)19/h5-8H,4,9-10,16H2,1-3H3,(H2,17,19). The molecule has 0 saturated heterocycles. The van der Waals surface area contributed by atoms with Gasteiger partial charge in [0.25, 0.3) is 5.91 Å². The van der Waals surface area contributed by atoms with Gasteiger partial charge in [0.05, 0.1) is 0 Å². The van der Waals surface area contributed by atoms with Crippen LogP contribution in [0.3, 0.4) is 0 Å². The monoisotopic (exact) mass is 277 g/mol. The van der Waals surface area contributed by atoms with Crippen LogP contribution in [0.25, 0.3) is 0 Å². The molecule has 0 atom stereocenters. The van der Waals surface area contributed by atoms with Crippen molar-refractivity contribution in [2.45, 2.75) is 20.8 Å². The highest BCUT2D eigenvalue weighted by atomic mass is 16.2. The molecule has 2 amide bonds. The van der Waals surface area contributed by atoms with Crippen LogP contribution in [-0.4, -0.2) is 36.3 Å². The fraction of sp³-hybridized carbons (Fsp3) is 0.467. The minimum Gasteiger partial charge on any atom is -0.366 e. The van der Waals surface area contributed by atoms with Crippen molar-refractivity contribution in [1.29, 1.82) is 0 Å². The zero-order valence-corrected chi connectivity index (χ0v) is 12.3. The van der Waals surface area contributed by atoms with Gasteiger partial charge in [-0.25, -0.2) is 0 Å². The Morgan fingerprint density at radius 2 is 1.85 bits per heavy atom. The third-order valence-corrected chi connectivity index (χ3v) is 3.23. The second kappa shape index (κ2) is 6.52. The molecular weight excluding hydrogens is 254 g/mol. The Morgan fingerprint density at radius 3 is 2.35 bits per heavy atom. The van der Waals surface area contributed by atoms with Crippen LogP contribution in [0.1, 0.15) is 41.5 Å². The van der Waals surface area contributed by atoms with Crippen LogP contribution < -0.4 is 11.5 Å².